The summed E-state index contributed by atoms with van der Waals surface area (Å²) in [6.45, 7) is 3.93. The van der Waals surface area contributed by atoms with Gasteiger partial charge in [-0.2, -0.15) is 0 Å². The van der Waals surface area contributed by atoms with Crippen LogP contribution in [0.3, 0.4) is 0 Å². The fraction of sp³-hybridized carbons (Fsp3) is 0.308. The third-order valence-electron chi connectivity index (χ3n) is 2.49. The number of aromatic nitrogens is 1. The van der Waals surface area contributed by atoms with Gasteiger partial charge in [0, 0.05) is 22.1 Å². The average molecular weight is 327 g/mol. The SMILES string of the molecule is CCNCc1cnc(-c2cc(Br)ccc2OC)s1. The lowest BCUT2D eigenvalue weighted by atomic mass is 10.2. The predicted octanol–water partition coefficient (Wildman–Crippen LogP) is 3.69. The molecule has 2 aromatic rings. The first-order valence-corrected chi connectivity index (χ1v) is 7.35. The van der Waals surface area contributed by atoms with Gasteiger partial charge in [-0.3, -0.25) is 0 Å². The molecule has 0 amide bonds. The molecule has 0 spiro atoms. The molecular weight excluding hydrogens is 312 g/mol. The molecule has 0 aliphatic heterocycles. The zero-order valence-corrected chi connectivity index (χ0v) is 12.8. The number of hydrogen-bond acceptors (Lipinski definition) is 4. The molecule has 5 heteroatoms. The van der Waals surface area contributed by atoms with Gasteiger partial charge in [-0.05, 0) is 24.7 Å². The first-order chi connectivity index (χ1) is 8.74. The van der Waals surface area contributed by atoms with Crippen molar-refractivity contribution in [2.75, 3.05) is 13.7 Å². The average Bonchev–Trinajstić information content (AvgIpc) is 2.85. The molecular formula is C13H15BrN2OS. The molecule has 0 saturated heterocycles. The molecule has 0 aliphatic rings. The van der Waals surface area contributed by atoms with E-state index in [0.717, 1.165) is 33.9 Å². The summed E-state index contributed by atoms with van der Waals surface area (Å²) in [7, 11) is 1.68. The van der Waals surface area contributed by atoms with Crippen molar-refractivity contribution in [3.05, 3.63) is 33.7 Å². The Morgan fingerprint density at radius 1 is 1.44 bits per heavy atom. The van der Waals surface area contributed by atoms with E-state index < -0.39 is 0 Å². The molecule has 1 heterocycles. The summed E-state index contributed by atoms with van der Waals surface area (Å²) in [6, 6.07) is 5.95. The Balaban J connectivity index is 2.30. The van der Waals surface area contributed by atoms with E-state index in [1.165, 1.54) is 4.88 Å². The van der Waals surface area contributed by atoms with Crippen molar-refractivity contribution >= 4 is 27.3 Å². The van der Waals surface area contributed by atoms with Crippen LogP contribution in [0.15, 0.2) is 28.9 Å². The van der Waals surface area contributed by atoms with Crippen molar-refractivity contribution in [3.63, 3.8) is 0 Å². The van der Waals surface area contributed by atoms with Gasteiger partial charge in [0.05, 0.1) is 12.7 Å². The molecule has 18 heavy (non-hydrogen) atoms. The number of rotatable bonds is 5. The van der Waals surface area contributed by atoms with Gasteiger partial charge >= 0.3 is 0 Å². The van der Waals surface area contributed by atoms with Crippen molar-refractivity contribution in [1.82, 2.24) is 10.3 Å². The number of nitrogens with one attached hydrogen (secondary N) is 1. The van der Waals surface area contributed by atoms with Crippen LogP contribution in [0.4, 0.5) is 0 Å². The number of ether oxygens (including phenoxy) is 1. The van der Waals surface area contributed by atoms with Crippen LogP contribution in [0, 0.1) is 0 Å². The molecule has 1 N–H and O–H groups in total. The Bertz CT molecular complexity index is 527. The lowest BCUT2D eigenvalue weighted by Crippen LogP contribution is -2.10. The third kappa shape index (κ3) is 3.10. The molecule has 1 aromatic heterocycles. The van der Waals surface area contributed by atoms with Crippen LogP contribution in [0.2, 0.25) is 0 Å². The van der Waals surface area contributed by atoms with E-state index in [1.54, 1.807) is 18.4 Å². The standard InChI is InChI=1S/C13H15BrN2OS/c1-3-15-7-10-8-16-13(18-10)11-6-9(14)4-5-12(11)17-2/h4-6,8,15H,3,7H2,1-2H3. The van der Waals surface area contributed by atoms with Crippen molar-refractivity contribution < 1.29 is 4.74 Å². The summed E-state index contributed by atoms with van der Waals surface area (Å²) in [5, 5.41) is 4.29. The molecule has 0 fully saturated rings. The minimum Gasteiger partial charge on any atom is -0.496 e. The zero-order chi connectivity index (χ0) is 13.0. The van der Waals surface area contributed by atoms with Gasteiger partial charge in [-0.15, -0.1) is 11.3 Å². The first kappa shape index (κ1) is 13.5. The second-order valence-corrected chi connectivity index (χ2v) is 5.79. The minimum atomic E-state index is 0.850. The zero-order valence-electron chi connectivity index (χ0n) is 10.4. The lowest BCUT2D eigenvalue weighted by molar-refractivity contribution is 0.416. The second kappa shape index (κ2) is 6.31. The molecule has 0 aliphatic carbocycles. The Hall–Kier alpha value is -0.910. The molecule has 0 atom stereocenters. The monoisotopic (exact) mass is 326 g/mol. The number of thiazole rings is 1. The van der Waals surface area contributed by atoms with Gasteiger partial charge in [0.25, 0.3) is 0 Å². The molecule has 2 rings (SSSR count). The smallest absolute Gasteiger partial charge is 0.129 e. The van der Waals surface area contributed by atoms with E-state index in [9.17, 15) is 0 Å². The van der Waals surface area contributed by atoms with Gasteiger partial charge < -0.3 is 10.1 Å². The number of hydrogen-bond donors (Lipinski definition) is 1. The second-order valence-electron chi connectivity index (χ2n) is 3.76. The number of nitrogens with zero attached hydrogens (tertiary/aromatic N) is 1. The Labute approximate surface area is 119 Å². The van der Waals surface area contributed by atoms with E-state index in [4.69, 9.17) is 4.74 Å². The van der Waals surface area contributed by atoms with Crippen LogP contribution in [-0.4, -0.2) is 18.6 Å². The highest BCUT2D eigenvalue weighted by atomic mass is 79.9. The van der Waals surface area contributed by atoms with Crippen molar-refractivity contribution in [3.8, 4) is 16.3 Å². The van der Waals surface area contributed by atoms with Crippen molar-refractivity contribution in [2.24, 2.45) is 0 Å². The molecule has 0 unspecified atom stereocenters. The molecule has 1 aromatic carbocycles. The van der Waals surface area contributed by atoms with Gasteiger partial charge in [-0.1, -0.05) is 22.9 Å². The van der Waals surface area contributed by atoms with E-state index in [2.05, 4.69) is 33.2 Å². The predicted molar refractivity (Wildman–Crippen MR) is 79.2 cm³/mol. The quantitative estimate of drug-likeness (QED) is 0.909. The summed E-state index contributed by atoms with van der Waals surface area (Å²) in [4.78, 5) is 5.70. The highest BCUT2D eigenvalue weighted by molar-refractivity contribution is 9.10. The van der Waals surface area contributed by atoms with Crippen LogP contribution >= 0.6 is 27.3 Å². The van der Waals surface area contributed by atoms with E-state index >= 15 is 0 Å². The largest absolute Gasteiger partial charge is 0.496 e. The third-order valence-corrected chi connectivity index (χ3v) is 4.02. The number of methoxy groups -OCH3 is 1. The van der Waals surface area contributed by atoms with Gasteiger partial charge in [-0.25, -0.2) is 4.98 Å². The molecule has 0 saturated carbocycles. The maximum Gasteiger partial charge on any atom is 0.129 e. The normalized spacial score (nSPS) is 10.6. The summed E-state index contributed by atoms with van der Waals surface area (Å²) in [6.07, 6.45) is 1.92. The highest BCUT2D eigenvalue weighted by Gasteiger charge is 2.10. The lowest BCUT2D eigenvalue weighted by Gasteiger charge is -2.06. The maximum absolute atomic E-state index is 5.38. The Morgan fingerprint density at radius 3 is 3.00 bits per heavy atom. The Kier molecular flexibility index (Phi) is 4.74. The van der Waals surface area contributed by atoms with Crippen molar-refractivity contribution in [1.29, 1.82) is 0 Å². The van der Waals surface area contributed by atoms with Gasteiger partial charge in [0.15, 0.2) is 0 Å². The summed E-state index contributed by atoms with van der Waals surface area (Å²) in [5.74, 6) is 0.850. The maximum atomic E-state index is 5.38. The highest BCUT2D eigenvalue weighted by Crippen LogP contribution is 2.34. The topological polar surface area (TPSA) is 34.2 Å². The van der Waals surface area contributed by atoms with Gasteiger partial charge in [0.2, 0.25) is 0 Å². The Morgan fingerprint density at radius 2 is 2.28 bits per heavy atom. The minimum absolute atomic E-state index is 0.850. The molecule has 0 radical (unpaired) electrons. The van der Waals surface area contributed by atoms with Gasteiger partial charge in [0.1, 0.15) is 10.8 Å². The fourth-order valence-corrected chi connectivity index (χ4v) is 2.87. The van der Waals surface area contributed by atoms with Crippen molar-refractivity contribution in [2.45, 2.75) is 13.5 Å². The van der Waals surface area contributed by atoms with Crippen LogP contribution in [0.1, 0.15) is 11.8 Å². The summed E-state index contributed by atoms with van der Waals surface area (Å²) < 4.78 is 6.40. The molecule has 0 bridgehead atoms. The first-order valence-electron chi connectivity index (χ1n) is 5.74. The van der Waals surface area contributed by atoms with Crippen LogP contribution in [-0.2, 0) is 6.54 Å². The van der Waals surface area contributed by atoms with Crippen LogP contribution < -0.4 is 10.1 Å². The van der Waals surface area contributed by atoms with E-state index in [-0.39, 0.29) is 0 Å². The van der Waals surface area contributed by atoms with Crippen LogP contribution in [0.5, 0.6) is 5.75 Å². The summed E-state index contributed by atoms with van der Waals surface area (Å²) >= 11 is 5.17. The van der Waals surface area contributed by atoms with E-state index in [0.29, 0.717) is 0 Å². The fourth-order valence-electron chi connectivity index (χ4n) is 1.61. The summed E-state index contributed by atoms with van der Waals surface area (Å²) in [5.41, 5.74) is 1.03. The number of benzene rings is 1. The molecule has 96 valence electrons. The van der Waals surface area contributed by atoms with E-state index in [1.807, 2.05) is 24.4 Å². The van der Waals surface area contributed by atoms with Crippen LogP contribution in [0.25, 0.3) is 10.6 Å². The molecule has 3 nitrogen and oxygen atoms in total. The number of halogens is 1.